The number of primary amides is 1. The lowest BCUT2D eigenvalue weighted by atomic mass is 9.94. The Bertz CT molecular complexity index is 482. The molecule has 1 amide bonds. The molecule has 3 N–H and O–H groups in total. The lowest BCUT2D eigenvalue weighted by molar-refractivity contribution is -0.124. The van der Waals surface area contributed by atoms with E-state index in [1.54, 1.807) is 23.1 Å². The summed E-state index contributed by atoms with van der Waals surface area (Å²) in [5, 5.41) is 5.57. The average Bonchev–Trinajstić information content (AvgIpc) is 3.25. The van der Waals surface area contributed by atoms with Crippen molar-refractivity contribution in [3.8, 4) is 0 Å². The number of carbonyl (C=O) groups is 1. The van der Waals surface area contributed by atoms with Gasteiger partial charge in [-0.25, -0.2) is 4.98 Å². The first-order valence-electron chi connectivity index (χ1n) is 6.73. The Hall–Kier alpha value is -0.590. The Morgan fingerprint density at radius 3 is 2.79 bits per heavy atom. The van der Waals surface area contributed by atoms with Crippen LogP contribution in [0.4, 0.5) is 0 Å². The van der Waals surface area contributed by atoms with Gasteiger partial charge in [0.25, 0.3) is 0 Å². The van der Waals surface area contributed by atoms with Gasteiger partial charge in [-0.3, -0.25) is 10.1 Å². The van der Waals surface area contributed by atoms with Gasteiger partial charge in [-0.05, 0) is 38.5 Å². The number of nitrogens with one attached hydrogen (secondary N) is 1. The first-order valence-corrected chi connectivity index (χ1v) is 8.59. The van der Waals surface area contributed by atoms with Crippen molar-refractivity contribution in [1.29, 1.82) is 0 Å². The Labute approximate surface area is 121 Å². The second-order valence-corrected chi connectivity index (χ2v) is 7.65. The molecule has 4 nitrogen and oxygen atoms in total. The zero-order chi connectivity index (χ0) is 13.5. The molecule has 104 valence electrons. The number of hydrogen-bond donors (Lipinski definition) is 2. The number of hydrogen-bond acceptors (Lipinski definition) is 5. The van der Waals surface area contributed by atoms with Gasteiger partial charge in [0.1, 0.15) is 9.88 Å². The van der Waals surface area contributed by atoms with Crippen molar-refractivity contribution in [3.05, 3.63) is 11.1 Å². The van der Waals surface area contributed by atoms with Crippen molar-refractivity contribution in [1.82, 2.24) is 10.3 Å². The Balaban J connectivity index is 1.72. The molecule has 1 atom stereocenters. The number of aromatic nitrogens is 1. The number of amides is 1. The summed E-state index contributed by atoms with van der Waals surface area (Å²) in [6.45, 7) is 1.99. The fourth-order valence-corrected chi connectivity index (χ4v) is 4.50. The summed E-state index contributed by atoms with van der Waals surface area (Å²) in [5.41, 5.74) is 6.24. The minimum atomic E-state index is -0.522. The third-order valence-electron chi connectivity index (χ3n) is 3.77. The van der Waals surface area contributed by atoms with Crippen LogP contribution in [0.5, 0.6) is 0 Å². The number of thioether (sulfide) groups is 1. The molecular formula is C13H19N3OS2. The third-order valence-corrected chi connectivity index (χ3v) is 6.11. The van der Waals surface area contributed by atoms with Gasteiger partial charge in [-0.2, -0.15) is 0 Å². The monoisotopic (exact) mass is 297 g/mol. The zero-order valence-corrected chi connectivity index (χ0v) is 12.6. The number of nitrogens with zero attached hydrogens (tertiary/aromatic N) is 1. The van der Waals surface area contributed by atoms with E-state index in [1.165, 1.54) is 12.8 Å². The van der Waals surface area contributed by atoms with Crippen molar-refractivity contribution >= 4 is 29.0 Å². The van der Waals surface area contributed by atoms with Crippen molar-refractivity contribution in [3.63, 3.8) is 0 Å². The van der Waals surface area contributed by atoms with E-state index < -0.39 is 5.54 Å². The van der Waals surface area contributed by atoms with Crippen LogP contribution in [0.3, 0.4) is 0 Å². The van der Waals surface area contributed by atoms with Crippen LogP contribution in [0.1, 0.15) is 31.4 Å². The zero-order valence-electron chi connectivity index (χ0n) is 11.0. The van der Waals surface area contributed by atoms with Gasteiger partial charge in [0.2, 0.25) is 5.91 Å². The van der Waals surface area contributed by atoms with E-state index in [0.717, 1.165) is 22.9 Å². The molecule has 0 spiro atoms. The van der Waals surface area contributed by atoms with E-state index in [4.69, 9.17) is 5.73 Å². The largest absolute Gasteiger partial charge is 0.368 e. The highest BCUT2D eigenvalue weighted by Gasteiger charge is 2.51. The van der Waals surface area contributed by atoms with Gasteiger partial charge in [-0.1, -0.05) is 11.8 Å². The minimum absolute atomic E-state index is 0.192. The van der Waals surface area contributed by atoms with Gasteiger partial charge < -0.3 is 5.73 Å². The molecule has 0 radical (unpaired) electrons. The second-order valence-electron chi connectivity index (χ2n) is 5.57. The summed E-state index contributed by atoms with van der Waals surface area (Å²) in [7, 11) is 0. The minimum Gasteiger partial charge on any atom is -0.368 e. The molecule has 19 heavy (non-hydrogen) atoms. The van der Waals surface area contributed by atoms with E-state index in [-0.39, 0.29) is 5.91 Å². The number of thiazole rings is 1. The fraction of sp³-hybridized carbons (Fsp3) is 0.692. The van der Waals surface area contributed by atoms with Crippen LogP contribution in [-0.4, -0.2) is 28.2 Å². The summed E-state index contributed by atoms with van der Waals surface area (Å²) >= 11 is 3.30. The summed E-state index contributed by atoms with van der Waals surface area (Å²) < 4.78 is 1.03. The van der Waals surface area contributed by atoms with Crippen molar-refractivity contribution < 1.29 is 4.79 Å². The molecule has 1 aromatic heterocycles. The topological polar surface area (TPSA) is 68.0 Å². The molecule has 0 saturated heterocycles. The average molecular weight is 297 g/mol. The number of rotatable bonds is 7. The van der Waals surface area contributed by atoms with Gasteiger partial charge in [-0.15, -0.1) is 11.3 Å². The molecule has 1 unspecified atom stereocenters. The maximum absolute atomic E-state index is 12.0. The number of nitrogens with two attached hydrogens (primary N) is 1. The van der Waals surface area contributed by atoms with Crippen LogP contribution >= 0.6 is 23.1 Å². The molecule has 0 aromatic carbocycles. The lowest BCUT2D eigenvalue weighted by Crippen LogP contribution is -2.60. The molecule has 1 aromatic rings. The molecule has 2 aliphatic carbocycles. The molecule has 2 saturated carbocycles. The van der Waals surface area contributed by atoms with Crippen LogP contribution in [0, 0.1) is 12.8 Å². The van der Waals surface area contributed by atoms with Gasteiger partial charge >= 0.3 is 0 Å². The smallest absolute Gasteiger partial charge is 0.238 e. The highest BCUT2D eigenvalue weighted by molar-refractivity contribution is 8.01. The molecule has 3 rings (SSSR count). The summed E-state index contributed by atoms with van der Waals surface area (Å²) in [6, 6.07) is 0.492. The van der Waals surface area contributed by atoms with E-state index in [9.17, 15) is 4.79 Å². The van der Waals surface area contributed by atoms with Crippen LogP contribution in [0.2, 0.25) is 0 Å². The molecule has 0 bridgehead atoms. The SMILES string of the molecule is Cc1csc(SCC(NC2CC2)(C(N)=O)C2CC2)n1. The molecule has 1 heterocycles. The van der Waals surface area contributed by atoms with Crippen LogP contribution in [0.15, 0.2) is 9.72 Å². The predicted octanol–water partition coefficient (Wildman–Crippen LogP) is 1.93. The van der Waals surface area contributed by atoms with Crippen molar-refractivity contribution in [2.45, 2.75) is 48.5 Å². The van der Waals surface area contributed by atoms with E-state index in [2.05, 4.69) is 10.3 Å². The normalized spacial score (nSPS) is 22.2. The van der Waals surface area contributed by atoms with Crippen LogP contribution in [0.25, 0.3) is 0 Å². The van der Waals surface area contributed by atoms with E-state index >= 15 is 0 Å². The van der Waals surface area contributed by atoms with Crippen LogP contribution < -0.4 is 11.1 Å². The van der Waals surface area contributed by atoms with E-state index in [1.807, 2.05) is 12.3 Å². The van der Waals surface area contributed by atoms with Crippen molar-refractivity contribution in [2.75, 3.05) is 5.75 Å². The molecule has 2 aliphatic rings. The van der Waals surface area contributed by atoms with Crippen molar-refractivity contribution in [2.24, 2.45) is 11.7 Å². The van der Waals surface area contributed by atoms with Gasteiger partial charge in [0.05, 0.1) is 0 Å². The first-order chi connectivity index (χ1) is 9.10. The predicted molar refractivity (Wildman–Crippen MR) is 78.4 cm³/mol. The Kier molecular flexibility index (Phi) is 3.57. The fourth-order valence-electron chi connectivity index (χ4n) is 2.36. The number of aryl methyl sites for hydroxylation is 1. The van der Waals surface area contributed by atoms with Gasteiger partial charge in [0, 0.05) is 22.9 Å². The maximum atomic E-state index is 12.0. The highest BCUT2D eigenvalue weighted by atomic mass is 32.2. The number of carbonyl (C=O) groups excluding carboxylic acids is 1. The quantitative estimate of drug-likeness (QED) is 0.755. The highest BCUT2D eigenvalue weighted by Crippen LogP contribution is 2.44. The first kappa shape index (κ1) is 13.4. The second kappa shape index (κ2) is 5.07. The molecule has 0 aliphatic heterocycles. The van der Waals surface area contributed by atoms with Gasteiger partial charge in [0.15, 0.2) is 0 Å². The Morgan fingerprint density at radius 2 is 2.32 bits per heavy atom. The summed E-state index contributed by atoms with van der Waals surface area (Å²) in [4.78, 5) is 16.5. The van der Waals surface area contributed by atoms with E-state index in [0.29, 0.717) is 17.7 Å². The molecule has 6 heteroatoms. The summed E-state index contributed by atoms with van der Waals surface area (Å²) in [6.07, 6.45) is 4.56. The summed E-state index contributed by atoms with van der Waals surface area (Å²) in [5.74, 6) is 0.929. The van der Waals surface area contributed by atoms with Crippen LogP contribution in [-0.2, 0) is 4.79 Å². The maximum Gasteiger partial charge on any atom is 0.238 e. The lowest BCUT2D eigenvalue weighted by Gasteiger charge is -2.31. The molecular weight excluding hydrogens is 278 g/mol. The molecule has 2 fully saturated rings. The standard InChI is InChI=1S/C13H19N3OS2/c1-8-6-18-12(15-8)19-7-13(11(14)17,9-2-3-9)16-10-4-5-10/h6,9-10,16H,2-5,7H2,1H3,(H2,14,17). The third kappa shape index (κ3) is 2.95. The Morgan fingerprint density at radius 1 is 1.58 bits per heavy atom.